The van der Waals surface area contributed by atoms with Crippen LogP contribution >= 0.6 is 31.9 Å². The number of halogens is 2. The number of hydrazone groups is 2. The summed E-state index contributed by atoms with van der Waals surface area (Å²) in [6.45, 7) is 0. The van der Waals surface area contributed by atoms with Gasteiger partial charge in [0.1, 0.15) is 11.5 Å². The largest absolute Gasteiger partial charge is 0.507 e. The number of nitrogens with one attached hydrogen (secondary N) is 2. The predicted octanol–water partition coefficient (Wildman–Crippen LogP) is 4.95. The standard InChI is InChI=1S/C23H26Br2N4O4/c24-18-8-10-20(30)16(12-18)14-26-28-22(32)6-4-2-1-3-5-7-23(33)29-27-15-17-13-19(25)9-11-21(17)31/h8-15,30-31H,1-7H2,(H,28,32)(H,29,33)/b26-14-,27-15-. The monoisotopic (exact) mass is 580 g/mol. The third kappa shape index (κ3) is 10.6. The zero-order valence-corrected chi connectivity index (χ0v) is 21.1. The lowest BCUT2D eigenvalue weighted by Crippen LogP contribution is -2.17. The minimum atomic E-state index is -0.186. The molecule has 0 saturated heterocycles. The summed E-state index contributed by atoms with van der Waals surface area (Å²) in [6, 6.07) is 9.90. The Bertz CT molecular complexity index is 932. The van der Waals surface area contributed by atoms with Gasteiger partial charge in [-0.25, -0.2) is 10.9 Å². The van der Waals surface area contributed by atoms with Crippen molar-refractivity contribution < 1.29 is 19.8 Å². The van der Waals surface area contributed by atoms with Gasteiger partial charge >= 0.3 is 0 Å². The van der Waals surface area contributed by atoms with Crippen LogP contribution in [0, 0.1) is 0 Å². The molecule has 10 heteroatoms. The molecule has 4 N–H and O–H groups in total. The predicted molar refractivity (Wildman–Crippen MR) is 135 cm³/mol. The van der Waals surface area contributed by atoms with E-state index < -0.39 is 0 Å². The first-order valence-corrected chi connectivity index (χ1v) is 12.0. The van der Waals surface area contributed by atoms with Crippen LogP contribution in [0.5, 0.6) is 11.5 Å². The van der Waals surface area contributed by atoms with E-state index in [2.05, 4.69) is 52.9 Å². The van der Waals surface area contributed by atoms with Crippen molar-refractivity contribution in [3.8, 4) is 11.5 Å². The van der Waals surface area contributed by atoms with Crippen molar-refractivity contribution in [2.24, 2.45) is 10.2 Å². The highest BCUT2D eigenvalue weighted by atomic mass is 79.9. The van der Waals surface area contributed by atoms with Crippen LogP contribution in [0.25, 0.3) is 0 Å². The summed E-state index contributed by atoms with van der Waals surface area (Å²) in [4.78, 5) is 23.6. The summed E-state index contributed by atoms with van der Waals surface area (Å²) >= 11 is 6.62. The first-order chi connectivity index (χ1) is 15.8. The maximum Gasteiger partial charge on any atom is 0.240 e. The summed E-state index contributed by atoms with van der Waals surface area (Å²) < 4.78 is 1.61. The van der Waals surface area contributed by atoms with Crippen molar-refractivity contribution in [1.29, 1.82) is 0 Å². The lowest BCUT2D eigenvalue weighted by Gasteiger charge is -2.03. The molecule has 0 radical (unpaired) electrons. The fourth-order valence-corrected chi connectivity index (χ4v) is 3.58. The molecule has 0 aliphatic heterocycles. The molecule has 33 heavy (non-hydrogen) atoms. The second-order valence-electron chi connectivity index (χ2n) is 7.26. The molecule has 0 aromatic heterocycles. The van der Waals surface area contributed by atoms with Gasteiger partial charge in [0, 0.05) is 32.9 Å². The topological polar surface area (TPSA) is 123 Å². The normalized spacial score (nSPS) is 11.2. The van der Waals surface area contributed by atoms with Gasteiger partial charge in [-0.1, -0.05) is 51.1 Å². The summed E-state index contributed by atoms with van der Waals surface area (Å²) in [5.41, 5.74) is 5.91. The summed E-state index contributed by atoms with van der Waals surface area (Å²) in [5.74, 6) is -0.204. The van der Waals surface area contributed by atoms with Crippen molar-refractivity contribution in [2.45, 2.75) is 44.9 Å². The summed E-state index contributed by atoms with van der Waals surface area (Å²) in [6.07, 6.45) is 7.66. The van der Waals surface area contributed by atoms with Gasteiger partial charge < -0.3 is 10.2 Å². The van der Waals surface area contributed by atoms with E-state index in [1.165, 1.54) is 12.4 Å². The number of carbonyl (C=O) groups is 2. The van der Waals surface area contributed by atoms with Crippen LogP contribution in [0.1, 0.15) is 56.1 Å². The number of phenols is 2. The fourth-order valence-electron chi connectivity index (χ4n) is 2.82. The van der Waals surface area contributed by atoms with Gasteiger partial charge in [0.15, 0.2) is 0 Å². The molecule has 0 unspecified atom stereocenters. The molecular formula is C23H26Br2N4O4. The Morgan fingerprint density at radius 1 is 0.727 bits per heavy atom. The molecule has 0 atom stereocenters. The quantitative estimate of drug-likeness (QED) is 0.161. The van der Waals surface area contributed by atoms with Crippen LogP contribution in [0.4, 0.5) is 0 Å². The van der Waals surface area contributed by atoms with E-state index in [4.69, 9.17) is 0 Å². The molecule has 0 saturated carbocycles. The molecule has 0 fully saturated rings. The van der Waals surface area contributed by atoms with Gasteiger partial charge in [-0.2, -0.15) is 10.2 Å². The van der Waals surface area contributed by atoms with E-state index in [-0.39, 0.29) is 23.3 Å². The van der Waals surface area contributed by atoms with Gasteiger partial charge in [0.05, 0.1) is 12.4 Å². The van der Waals surface area contributed by atoms with Gasteiger partial charge in [0.2, 0.25) is 11.8 Å². The number of benzene rings is 2. The molecule has 0 spiro atoms. The van der Waals surface area contributed by atoms with Crippen LogP contribution in [-0.4, -0.2) is 34.5 Å². The van der Waals surface area contributed by atoms with Crippen molar-refractivity contribution in [3.05, 3.63) is 56.5 Å². The molecule has 0 aliphatic carbocycles. The smallest absolute Gasteiger partial charge is 0.240 e. The highest BCUT2D eigenvalue weighted by Gasteiger charge is 2.03. The molecule has 0 aliphatic rings. The molecule has 2 amide bonds. The van der Waals surface area contributed by atoms with Crippen molar-refractivity contribution in [3.63, 3.8) is 0 Å². The maximum absolute atomic E-state index is 11.8. The number of hydrogen-bond acceptors (Lipinski definition) is 6. The Hall–Kier alpha value is -2.72. The fraction of sp³-hybridized carbons (Fsp3) is 0.304. The highest BCUT2D eigenvalue weighted by Crippen LogP contribution is 2.20. The number of rotatable bonds is 12. The Kier molecular flexibility index (Phi) is 11.6. The molecular weight excluding hydrogens is 556 g/mol. The number of nitrogens with zero attached hydrogens (tertiary/aromatic N) is 2. The van der Waals surface area contributed by atoms with E-state index in [1.54, 1.807) is 36.4 Å². The van der Waals surface area contributed by atoms with Crippen molar-refractivity contribution in [1.82, 2.24) is 10.9 Å². The van der Waals surface area contributed by atoms with E-state index >= 15 is 0 Å². The number of amides is 2. The van der Waals surface area contributed by atoms with Crippen LogP contribution in [0.3, 0.4) is 0 Å². The van der Waals surface area contributed by atoms with Gasteiger partial charge in [-0.15, -0.1) is 0 Å². The van der Waals surface area contributed by atoms with Crippen molar-refractivity contribution in [2.75, 3.05) is 0 Å². The molecule has 8 nitrogen and oxygen atoms in total. The van der Waals surface area contributed by atoms with E-state index in [1.807, 2.05) is 0 Å². The molecule has 0 heterocycles. The SMILES string of the molecule is O=C(CCCCCCCC(=O)N/N=C\c1cc(Br)ccc1O)N/N=C\c1cc(Br)ccc1O. The third-order valence-corrected chi connectivity index (χ3v) is 5.56. The maximum atomic E-state index is 11.8. The van der Waals surface area contributed by atoms with Crippen LogP contribution in [0.15, 0.2) is 55.5 Å². The minimum Gasteiger partial charge on any atom is -0.507 e. The second-order valence-corrected chi connectivity index (χ2v) is 9.09. The number of phenolic OH excluding ortho intramolecular Hbond substituents is 2. The summed E-state index contributed by atoms with van der Waals surface area (Å²) in [7, 11) is 0. The number of unbranched alkanes of at least 4 members (excludes halogenated alkanes) is 4. The molecule has 2 aromatic rings. The van der Waals surface area contributed by atoms with Gasteiger partial charge in [-0.3, -0.25) is 9.59 Å². The summed E-state index contributed by atoms with van der Waals surface area (Å²) in [5, 5.41) is 27.2. The van der Waals surface area contributed by atoms with E-state index in [0.717, 1.165) is 41.0 Å². The number of carbonyl (C=O) groups excluding carboxylic acids is 2. The first kappa shape index (κ1) is 26.5. The zero-order chi connectivity index (χ0) is 24.1. The van der Waals surface area contributed by atoms with E-state index in [9.17, 15) is 19.8 Å². The Morgan fingerprint density at radius 2 is 1.12 bits per heavy atom. The lowest BCUT2D eigenvalue weighted by atomic mass is 10.1. The zero-order valence-electron chi connectivity index (χ0n) is 17.9. The Labute approximate surface area is 209 Å². The Balaban J connectivity index is 1.52. The second kappa shape index (κ2) is 14.4. The third-order valence-electron chi connectivity index (χ3n) is 4.57. The first-order valence-electron chi connectivity index (χ1n) is 10.5. The van der Waals surface area contributed by atoms with Crippen LogP contribution < -0.4 is 10.9 Å². The molecule has 0 bridgehead atoms. The average molecular weight is 582 g/mol. The van der Waals surface area contributed by atoms with Crippen LogP contribution in [-0.2, 0) is 9.59 Å². The molecule has 2 aromatic carbocycles. The lowest BCUT2D eigenvalue weighted by molar-refractivity contribution is -0.121. The van der Waals surface area contributed by atoms with E-state index in [0.29, 0.717) is 24.0 Å². The van der Waals surface area contributed by atoms with Gasteiger partial charge in [0.25, 0.3) is 0 Å². The molecule has 2 rings (SSSR count). The van der Waals surface area contributed by atoms with Gasteiger partial charge in [-0.05, 0) is 49.2 Å². The Morgan fingerprint density at radius 3 is 1.55 bits per heavy atom. The average Bonchev–Trinajstić information content (AvgIpc) is 2.77. The van der Waals surface area contributed by atoms with Crippen LogP contribution in [0.2, 0.25) is 0 Å². The molecule has 176 valence electrons. The van der Waals surface area contributed by atoms with Crippen molar-refractivity contribution >= 4 is 56.1 Å². The number of aromatic hydroxyl groups is 2. The number of hydrogen-bond donors (Lipinski definition) is 4. The highest BCUT2D eigenvalue weighted by molar-refractivity contribution is 9.10. The minimum absolute atomic E-state index is 0.0837.